The van der Waals surface area contributed by atoms with Crippen molar-refractivity contribution < 1.29 is 14.4 Å². The van der Waals surface area contributed by atoms with E-state index in [1.165, 1.54) is 0 Å². The minimum atomic E-state index is -0.368. The van der Waals surface area contributed by atoms with E-state index >= 15 is 0 Å². The third-order valence-electron chi connectivity index (χ3n) is 1.68. The van der Waals surface area contributed by atoms with Gasteiger partial charge >= 0.3 is 34.1 Å². The zero-order chi connectivity index (χ0) is 11.6. The Balaban J connectivity index is 0.000000386. The summed E-state index contributed by atoms with van der Waals surface area (Å²) in [5.74, 6) is 0. The van der Waals surface area contributed by atoms with E-state index in [0.29, 0.717) is 0 Å². The summed E-state index contributed by atoms with van der Waals surface area (Å²) < 4.78 is 0. The monoisotopic (exact) mass is 290 g/mol. The fraction of sp³-hybridized carbons (Fsp3) is 0. The van der Waals surface area contributed by atoms with Crippen LogP contribution in [-0.2, 0) is 14.4 Å². The van der Waals surface area contributed by atoms with Crippen molar-refractivity contribution in [2.24, 2.45) is 4.99 Å². The second-order valence-corrected chi connectivity index (χ2v) is 5.03. The molecule has 2 nitrogen and oxygen atoms in total. The summed E-state index contributed by atoms with van der Waals surface area (Å²) in [5, 5.41) is 0. The summed E-state index contributed by atoms with van der Waals surface area (Å²) in [5.41, 5.74) is 1.84. The molecule has 0 aliphatic carbocycles. The molecule has 0 aliphatic heterocycles. The molecule has 0 bridgehead atoms. The van der Waals surface area contributed by atoms with E-state index in [-0.39, 0.29) is 14.4 Å². The molecule has 0 atom stereocenters. The van der Waals surface area contributed by atoms with Crippen LogP contribution in [0.25, 0.3) is 0 Å². The van der Waals surface area contributed by atoms with E-state index in [1.807, 2.05) is 42.5 Å². The van der Waals surface area contributed by atoms with Crippen LogP contribution in [-0.4, -0.2) is 6.21 Å². The zero-order valence-electron chi connectivity index (χ0n) is 8.29. The maximum atomic E-state index is 4.86. The number of nitrogens with zero attached hydrogens (tertiary/aromatic N) is 2. The molecule has 0 saturated carbocycles. The summed E-state index contributed by atoms with van der Waals surface area (Å²) >= 11 is -0.368. The van der Waals surface area contributed by atoms with Crippen molar-refractivity contribution in [2.45, 2.75) is 0 Å². The van der Waals surface area contributed by atoms with E-state index in [4.69, 9.17) is 19.7 Å². The van der Waals surface area contributed by atoms with Crippen LogP contribution < -0.4 is 4.98 Å². The number of aromatic nitrogens is 1. The van der Waals surface area contributed by atoms with Gasteiger partial charge in [-0.3, -0.25) is 4.99 Å². The van der Waals surface area contributed by atoms with Gasteiger partial charge in [0.15, 0.2) is 0 Å². The van der Waals surface area contributed by atoms with Gasteiger partial charge in [0, 0.05) is 6.21 Å². The van der Waals surface area contributed by atoms with E-state index < -0.39 is 0 Å². The molecule has 0 fully saturated rings. The van der Waals surface area contributed by atoms with E-state index in [1.54, 1.807) is 12.4 Å². The Morgan fingerprint density at radius 3 is 2.31 bits per heavy atom. The van der Waals surface area contributed by atoms with Crippen LogP contribution >= 0.6 is 19.7 Å². The minimum absolute atomic E-state index is 0.368. The van der Waals surface area contributed by atoms with Gasteiger partial charge in [0.1, 0.15) is 0 Å². The number of rotatable bonds is 2. The van der Waals surface area contributed by atoms with Gasteiger partial charge < -0.3 is 4.98 Å². The molecule has 16 heavy (non-hydrogen) atoms. The van der Waals surface area contributed by atoms with Crippen molar-refractivity contribution in [1.29, 1.82) is 0 Å². The number of hydrogen-bond acceptors (Lipinski definition) is 1. The topological polar surface area (TPSA) is 26.5 Å². The van der Waals surface area contributed by atoms with Gasteiger partial charge in [-0.1, -0.05) is 30.3 Å². The molecule has 1 aromatic carbocycles. The van der Waals surface area contributed by atoms with Crippen molar-refractivity contribution in [2.75, 3.05) is 0 Å². The van der Waals surface area contributed by atoms with Crippen LogP contribution in [0.5, 0.6) is 0 Å². The Morgan fingerprint density at radius 1 is 1.06 bits per heavy atom. The van der Waals surface area contributed by atoms with Gasteiger partial charge in [-0.25, -0.2) is 0 Å². The van der Waals surface area contributed by atoms with Crippen LogP contribution in [0.4, 0.5) is 5.69 Å². The molecule has 0 amide bonds. The van der Waals surface area contributed by atoms with Crippen LogP contribution in [0.15, 0.2) is 53.7 Å². The molecule has 0 spiro atoms. The molecule has 0 saturated heterocycles. The van der Waals surface area contributed by atoms with Crippen molar-refractivity contribution >= 4 is 31.6 Å². The van der Waals surface area contributed by atoms with Crippen LogP contribution in [0.2, 0.25) is 0 Å². The van der Waals surface area contributed by atoms with Crippen LogP contribution in [0, 0.1) is 0 Å². The van der Waals surface area contributed by atoms with Gasteiger partial charge in [-0.15, -0.1) is 5.69 Å². The third kappa shape index (κ3) is 5.43. The predicted octanol–water partition coefficient (Wildman–Crippen LogP) is 3.77. The van der Waals surface area contributed by atoms with Crippen molar-refractivity contribution in [1.82, 2.24) is 4.98 Å². The molecule has 1 aromatic heterocycles. The summed E-state index contributed by atoms with van der Waals surface area (Å²) in [6, 6.07) is 13.6. The summed E-state index contributed by atoms with van der Waals surface area (Å²) in [6.45, 7) is 0. The Hall–Kier alpha value is -0.666. The van der Waals surface area contributed by atoms with Crippen molar-refractivity contribution in [3.63, 3.8) is 0 Å². The molecular weight excluding hydrogens is 282 g/mol. The fourth-order valence-corrected chi connectivity index (χ4v) is 1.04. The van der Waals surface area contributed by atoms with E-state index in [9.17, 15) is 0 Å². The first-order chi connectivity index (χ1) is 7.86. The Bertz CT molecular complexity index is 401. The molecule has 1 heterocycles. The molecule has 0 unspecified atom stereocenters. The zero-order valence-corrected chi connectivity index (χ0v) is 11.2. The van der Waals surface area contributed by atoms with Crippen LogP contribution in [0.1, 0.15) is 5.69 Å². The van der Waals surface area contributed by atoms with Gasteiger partial charge in [-0.05, 0) is 12.1 Å². The van der Waals surface area contributed by atoms with Gasteiger partial charge in [-0.2, -0.15) is 6.20 Å². The maximum absolute atomic E-state index is 4.86. The summed E-state index contributed by atoms with van der Waals surface area (Å²) in [6.07, 6.45) is 3.52. The fourth-order valence-electron chi connectivity index (χ4n) is 1.04. The number of para-hydroxylation sites is 1. The number of halogens is 2. The Labute approximate surface area is 110 Å². The van der Waals surface area contributed by atoms with Gasteiger partial charge in [0.25, 0.3) is 0 Å². The Morgan fingerprint density at radius 2 is 1.75 bits per heavy atom. The number of aliphatic imine (C=N–C) groups is 1. The van der Waals surface area contributed by atoms with E-state index in [0.717, 1.165) is 11.4 Å². The van der Waals surface area contributed by atoms with Crippen molar-refractivity contribution in [3.05, 3.63) is 54.4 Å². The van der Waals surface area contributed by atoms with Gasteiger partial charge in [0.2, 0.25) is 0 Å². The average Bonchev–Trinajstić information content (AvgIpc) is 2.82. The first-order valence-electron chi connectivity index (χ1n) is 4.46. The molecule has 2 aromatic rings. The molecule has 0 radical (unpaired) electrons. The standard InChI is InChI=1S/C11H9N2.2ClH.V/c1-2-5-10(6-3-1)13-9-11-7-4-8-12-11;;;/h1-9H;2*1H;/q-1;;;+2/p-2. The SMILES string of the molecule is C(=Nc1ccccc1)c1ccc[n-]1.[Cl][V][Cl]. The number of hydrogen-bond donors (Lipinski definition) is 0. The first kappa shape index (κ1) is 13.4. The second kappa shape index (κ2) is 8.48. The molecular formula is C11H9Cl2N2V-. The second-order valence-electron chi connectivity index (χ2n) is 2.72. The molecule has 5 heteroatoms. The molecule has 0 aliphatic rings. The summed E-state index contributed by atoms with van der Waals surface area (Å²) in [4.78, 5) is 8.34. The van der Waals surface area contributed by atoms with E-state index in [2.05, 4.69) is 9.98 Å². The Kier molecular flexibility index (Phi) is 7.10. The molecule has 0 N–H and O–H groups in total. The van der Waals surface area contributed by atoms with Gasteiger partial charge in [0.05, 0.1) is 5.69 Å². The summed E-state index contributed by atoms with van der Waals surface area (Å²) in [7, 11) is 9.72. The third-order valence-corrected chi connectivity index (χ3v) is 1.68. The number of benzene rings is 1. The normalized spacial score (nSPS) is 9.62. The van der Waals surface area contributed by atoms with Crippen molar-refractivity contribution in [3.8, 4) is 0 Å². The predicted molar refractivity (Wildman–Crippen MR) is 65.2 cm³/mol. The molecule has 83 valence electrons. The quantitative estimate of drug-likeness (QED) is 0.773. The molecule has 2 rings (SSSR count). The first-order valence-corrected chi connectivity index (χ1v) is 8.30. The average molecular weight is 291 g/mol. The van der Waals surface area contributed by atoms with Crippen LogP contribution in [0.3, 0.4) is 0 Å².